The second kappa shape index (κ2) is 10.9. The number of rotatable bonds is 3. The molecule has 0 spiro atoms. The van der Waals surface area contributed by atoms with E-state index < -0.39 is 0 Å². The molecule has 0 saturated carbocycles. The molecule has 51 heavy (non-hydrogen) atoms. The molecule has 0 saturated heterocycles. The van der Waals surface area contributed by atoms with Crippen LogP contribution in [-0.2, 0) is 0 Å². The van der Waals surface area contributed by atoms with Crippen molar-refractivity contribution in [2.45, 2.75) is 0 Å². The highest BCUT2D eigenvalue weighted by Crippen LogP contribution is 2.40. The van der Waals surface area contributed by atoms with Crippen molar-refractivity contribution in [3.63, 3.8) is 0 Å². The van der Waals surface area contributed by atoms with E-state index in [-0.39, 0.29) is 0 Å². The molecule has 0 fully saturated rings. The van der Waals surface area contributed by atoms with Crippen LogP contribution in [0.2, 0.25) is 0 Å². The maximum Gasteiger partial charge on any atom is 0.136 e. The van der Waals surface area contributed by atoms with E-state index in [1.54, 1.807) is 0 Å². The number of hydrogen-bond donors (Lipinski definition) is 0. The third kappa shape index (κ3) is 4.49. The van der Waals surface area contributed by atoms with Crippen molar-refractivity contribution in [1.29, 1.82) is 0 Å². The monoisotopic (exact) mass is 646 g/mol. The highest BCUT2D eigenvalue weighted by atomic mass is 16.3. The van der Waals surface area contributed by atoms with Gasteiger partial charge in [0.25, 0.3) is 0 Å². The van der Waals surface area contributed by atoms with Crippen molar-refractivity contribution < 1.29 is 4.42 Å². The Morgan fingerprint density at radius 1 is 0.255 bits per heavy atom. The number of hydrogen-bond acceptors (Lipinski definition) is 1. The Balaban J connectivity index is 0.999. The van der Waals surface area contributed by atoms with Gasteiger partial charge in [-0.15, -0.1) is 0 Å². The molecule has 0 N–H and O–H groups in total. The average molecular weight is 647 g/mol. The van der Waals surface area contributed by atoms with Crippen LogP contribution in [0.25, 0.3) is 109 Å². The van der Waals surface area contributed by atoms with E-state index in [0.717, 1.165) is 33.1 Å². The first-order valence-electron chi connectivity index (χ1n) is 17.6. The van der Waals surface area contributed by atoms with Crippen LogP contribution < -0.4 is 0 Å². The summed E-state index contributed by atoms with van der Waals surface area (Å²) in [6, 6.07) is 66.4. The summed E-state index contributed by atoms with van der Waals surface area (Å²) in [5, 5.41) is 14.9. The summed E-state index contributed by atoms with van der Waals surface area (Å²) in [5.41, 5.74) is 8.96. The minimum Gasteiger partial charge on any atom is -0.456 e. The Hall–Kier alpha value is -6.70. The molecule has 0 aliphatic rings. The summed E-state index contributed by atoms with van der Waals surface area (Å²) in [5.74, 6) is 0. The van der Waals surface area contributed by atoms with E-state index in [1.807, 2.05) is 0 Å². The first-order chi connectivity index (χ1) is 25.2. The summed E-state index contributed by atoms with van der Waals surface area (Å²) in [4.78, 5) is 0. The van der Waals surface area contributed by atoms with E-state index in [4.69, 9.17) is 4.42 Å². The predicted octanol–water partition coefficient (Wildman–Crippen LogP) is 14.4. The third-order valence-corrected chi connectivity index (χ3v) is 10.8. The molecule has 0 radical (unpaired) electrons. The van der Waals surface area contributed by atoms with E-state index >= 15 is 0 Å². The van der Waals surface area contributed by atoms with Crippen LogP contribution >= 0.6 is 0 Å². The molecule has 0 bridgehead atoms. The second-order valence-electron chi connectivity index (χ2n) is 13.7. The van der Waals surface area contributed by atoms with Gasteiger partial charge in [0.05, 0.1) is 0 Å². The van der Waals surface area contributed by atoms with Gasteiger partial charge in [0.1, 0.15) is 11.2 Å². The van der Waals surface area contributed by atoms with Gasteiger partial charge in [-0.3, -0.25) is 0 Å². The smallest absolute Gasteiger partial charge is 0.136 e. The number of fused-ring (bicyclic) bond motifs is 10. The molecular formula is C50H30O. The van der Waals surface area contributed by atoms with Gasteiger partial charge in [-0.2, -0.15) is 0 Å². The van der Waals surface area contributed by atoms with Crippen molar-refractivity contribution in [2.24, 2.45) is 0 Å². The molecule has 10 aromatic carbocycles. The average Bonchev–Trinajstić information content (AvgIpc) is 3.57. The standard InChI is InChI=1S/C50H30O/c1-2-9-34-25-35(17-13-31(34)7-1)37-21-23-44-45-24-22-38(30-49(45)51-48(44)29-37)36-18-14-32-15-19-39(27-41(32)26-36)47-28-40-20-16-33-8-3-4-10-42(33)50(40)46-12-6-5-11-43(46)47/h1-30H. The molecule has 11 aromatic rings. The Labute approximate surface area is 294 Å². The van der Waals surface area contributed by atoms with Gasteiger partial charge >= 0.3 is 0 Å². The van der Waals surface area contributed by atoms with Crippen LogP contribution in [0.5, 0.6) is 0 Å². The largest absolute Gasteiger partial charge is 0.456 e. The first-order valence-corrected chi connectivity index (χ1v) is 17.6. The van der Waals surface area contributed by atoms with E-state index in [1.165, 1.54) is 76.1 Å². The van der Waals surface area contributed by atoms with E-state index in [2.05, 4.69) is 182 Å². The van der Waals surface area contributed by atoms with Gasteiger partial charge in [0.15, 0.2) is 0 Å². The number of furan rings is 1. The van der Waals surface area contributed by atoms with Crippen LogP contribution in [0.1, 0.15) is 0 Å². The maximum atomic E-state index is 6.53. The zero-order valence-corrected chi connectivity index (χ0v) is 27.7. The molecule has 0 aliphatic heterocycles. The van der Waals surface area contributed by atoms with E-state index in [9.17, 15) is 0 Å². The Morgan fingerprint density at radius 2 is 0.725 bits per heavy atom. The summed E-state index contributed by atoms with van der Waals surface area (Å²) in [6.07, 6.45) is 0. The zero-order valence-electron chi connectivity index (χ0n) is 27.7. The fraction of sp³-hybridized carbons (Fsp3) is 0. The minimum atomic E-state index is 0.905. The molecule has 1 heteroatoms. The van der Waals surface area contributed by atoms with E-state index in [0.29, 0.717) is 0 Å². The lowest BCUT2D eigenvalue weighted by Gasteiger charge is -2.14. The third-order valence-electron chi connectivity index (χ3n) is 10.8. The Bertz CT molecular complexity index is 3200. The van der Waals surface area contributed by atoms with Gasteiger partial charge in [-0.25, -0.2) is 0 Å². The first kappa shape index (κ1) is 28.2. The molecule has 0 amide bonds. The molecule has 0 aliphatic carbocycles. The summed E-state index contributed by atoms with van der Waals surface area (Å²) < 4.78 is 6.53. The van der Waals surface area contributed by atoms with Gasteiger partial charge in [0.2, 0.25) is 0 Å². The SMILES string of the molecule is c1ccc2cc(-c3ccc4c(c3)oc3cc(-c5ccc6ccc(-c7cc8ccc9ccccc9c8c8ccccc78)cc6c5)ccc34)ccc2c1. The fourth-order valence-corrected chi connectivity index (χ4v) is 8.22. The van der Waals surface area contributed by atoms with Crippen molar-refractivity contribution >= 4 is 75.8 Å². The zero-order chi connectivity index (χ0) is 33.5. The molecule has 1 nitrogen and oxygen atoms in total. The van der Waals surface area contributed by atoms with Crippen LogP contribution in [0, 0.1) is 0 Å². The van der Waals surface area contributed by atoms with Crippen molar-refractivity contribution in [3.05, 3.63) is 182 Å². The quantitative estimate of drug-likeness (QED) is 0.174. The van der Waals surface area contributed by atoms with Crippen molar-refractivity contribution in [2.75, 3.05) is 0 Å². The predicted molar refractivity (Wildman–Crippen MR) is 218 cm³/mol. The van der Waals surface area contributed by atoms with Gasteiger partial charge in [0, 0.05) is 10.8 Å². The Kier molecular flexibility index (Phi) is 6.02. The van der Waals surface area contributed by atoms with Crippen LogP contribution in [0.4, 0.5) is 0 Å². The topological polar surface area (TPSA) is 13.1 Å². The van der Waals surface area contributed by atoms with Crippen LogP contribution in [-0.4, -0.2) is 0 Å². The van der Waals surface area contributed by atoms with Crippen LogP contribution in [0.15, 0.2) is 186 Å². The summed E-state index contributed by atoms with van der Waals surface area (Å²) >= 11 is 0. The normalized spacial score (nSPS) is 11.9. The number of benzene rings is 10. The lowest BCUT2D eigenvalue weighted by molar-refractivity contribution is 0.669. The molecule has 11 rings (SSSR count). The second-order valence-corrected chi connectivity index (χ2v) is 13.7. The van der Waals surface area contributed by atoms with Crippen molar-refractivity contribution in [1.82, 2.24) is 0 Å². The lowest BCUT2D eigenvalue weighted by atomic mass is 9.90. The summed E-state index contributed by atoms with van der Waals surface area (Å²) in [6.45, 7) is 0. The highest BCUT2D eigenvalue weighted by molar-refractivity contribution is 6.23. The summed E-state index contributed by atoms with van der Waals surface area (Å²) in [7, 11) is 0. The lowest BCUT2D eigenvalue weighted by Crippen LogP contribution is -1.87. The molecule has 236 valence electrons. The fourth-order valence-electron chi connectivity index (χ4n) is 8.22. The minimum absolute atomic E-state index is 0.905. The van der Waals surface area contributed by atoms with Crippen molar-refractivity contribution in [3.8, 4) is 33.4 Å². The molecule has 0 atom stereocenters. The molecule has 1 heterocycles. The molecular weight excluding hydrogens is 617 g/mol. The molecule has 1 aromatic heterocycles. The Morgan fingerprint density at radius 3 is 1.45 bits per heavy atom. The van der Waals surface area contributed by atoms with Gasteiger partial charge < -0.3 is 4.42 Å². The molecule has 0 unspecified atom stereocenters. The van der Waals surface area contributed by atoms with Gasteiger partial charge in [-0.05, 0) is 136 Å². The van der Waals surface area contributed by atoms with Gasteiger partial charge in [-0.1, -0.05) is 133 Å². The maximum absolute atomic E-state index is 6.53. The highest BCUT2D eigenvalue weighted by Gasteiger charge is 2.14. The van der Waals surface area contributed by atoms with Crippen LogP contribution in [0.3, 0.4) is 0 Å².